The third kappa shape index (κ3) is 4.35. The van der Waals surface area contributed by atoms with Gasteiger partial charge >= 0.3 is 0 Å². The Bertz CT molecular complexity index is 756. The van der Waals surface area contributed by atoms with E-state index in [1.54, 1.807) is 29.2 Å². The first-order valence-electron chi connectivity index (χ1n) is 8.20. The Morgan fingerprint density at radius 2 is 1.88 bits per heavy atom. The molecular formula is C17H25N3O5S. The largest absolute Gasteiger partial charge is 0.493 e. The second-order valence-corrected chi connectivity index (χ2v) is 8.09. The minimum absolute atomic E-state index is 0.166. The van der Waals surface area contributed by atoms with Gasteiger partial charge in [-0.25, -0.2) is 0 Å². The van der Waals surface area contributed by atoms with Crippen LogP contribution in [0.3, 0.4) is 0 Å². The highest BCUT2D eigenvalue weighted by molar-refractivity contribution is 7.86. The van der Waals surface area contributed by atoms with Crippen LogP contribution in [0.2, 0.25) is 0 Å². The summed E-state index contributed by atoms with van der Waals surface area (Å²) in [6.45, 7) is 5.14. The summed E-state index contributed by atoms with van der Waals surface area (Å²) in [4.78, 5) is 14.4. The number of rotatable bonds is 7. The maximum atomic E-state index is 12.7. The van der Waals surface area contributed by atoms with Crippen molar-refractivity contribution in [2.45, 2.75) is 0 Å². The number of ether oxygens (including phenoxy) is 2. The van der Waals surface area contributed by atoms with Crippen molar-refractivity contribution in [3.05, 3.63) is 36.4 Å². The fraction of sp³-hybridized carbons (Fsp3) is 0.471. The molecule has 0 spiro atoms. The van der Waals surface area contributed by atoms with E-state index in [1.165, 1.54) is 29.8 Å². The molecule has 1 amide bonds. The van der Waals surface area contributed by atoms with Gasteiger partial charge in [0.1, 0.15) is 6.61 Å². The first-order valence-corrected chi connectivity index (χ1v) is 9.59. The molecular weight excluding hydrogens is 358 g/mol. The Balaban J connectivity index is 2.07. The van der Waals surface area contributed by atoms with Gasteiger partial charge in [-0.05, 0) is 18.2 Å². The molecule has 26 heavy (non-hydrogen) atoms. The molecule has 0 aliphatic carbocycles. The van der Waals surface area contributed by atoms with Crippen LogP contribution in [0, 0.1) is 0 Å². The van der Waals surface area contributed by atoms with Crippen molar-refractivity contribution in [3.63, 3.8) is 0 Å². The van der Waals surface area contributed by atoms with E-state index in [1.807, 2.05) is 0 Å². The summed E-state index contributed by atoms with van der Waals surface area (Å²) in [5.74, 6) is 0.831. The summed E-state index contributed by atoms with van der Waals surface area (Å²) in [6, 6.07) is 4.98. The number of nitrogens with zero attached hydrogens (tertiary/aromatic N) is 3. The lowest BCUT2D eigenvalue weighted by Crippen LogP contribution is -2.53. The van der Waals surface area contributed by atoms with Crippen molar-refractivity contribution in [1.29, 1.82) is 0 Å². The summed E-state index contributed by atoms with van der Waals surface area (Å²) in [7, 11) is 1.04. The predicted octanol–water partition coefficient (Wildman–Crippen LogP) is 0.824. The second kappa shape index (κ2) is 8.52. The van der Waals surface area contributed by atoms with E-state index >= 15 is 0 Å². The van der Waals surface area contributed by atoms with Crippen molar-refractivity contribution < 1.29 is 22.7 Å². The van der Waals surface area contributed by atoms with Gasteiger partial charge in [0, 0.05) is 45.8 Å². The fourth-order valence-corrected chi connectivity index (χ4v) is 3.69. The standard InChI is InChI=1S/C17H25N3O5S/c1-5-12-25-15-7-6-14(13-16(15)24-4)17(21)19-8-10-20(11-9-19)26(22,23)18(2)3/h5-7,13H,1,8-12H2,2-4H3. The van der Waals surface area contributed by atoms with Gasteiger partial charge in [0.05, 0.1) is 7.11 Å². The van der Waals surface area contributed by atoms with Gasteiger partial charge < -0.3 is 14.4 Å². The zero-order valence-corrected chi connectivity index (χ0v) is 16.2. The maximum Gasteiger partial charge on any atom is 0.281 e. The summed E-state index contributed by atoms with van der Waals surface area (Å²) in [5.41, 5.74) is 0.469. The third-order valence-electron chi connectivity index (χ3n) is 4.08. The van der Waals surface area contributed by atoms with Crippen LogP contribution in [-0.2, 0) is 10.2 Å². The molecule has 0 radical (unpaired) electrons. The first kappa shape index (κ1) is 20.2. The van der Waals surface area contributed by atoms with Gasteiger partial charge in [0.15, 0.2) is 11.5 Å². The van der Waals surface area contributed by atoms with Crippen LogP contribution < -0.4 is 9.47 Å². The lowest BCUT2D eigenvalue weighted by Gasteiger charge is -2.35. The topological polar surface area (TPSA) is 79.4 Å². The lowest BCUT2D eigenvalue weighted by atomic mass is 10.1. The average Bonchev–Trinajstić information content (AvgIpc) is 2.65. The molecule has 8 nitrogen and oxygen atoms in total. The number of amides is 1. The van der Waals surface area contributed by atoms with E-state index in [0.29, 0.717) is 36.8 Å². The molecule has 144 valence electrons. The van der Waals surface area contributed by atoms with E-state index in [0.717, 1.165) is 0 Å². The van der Waals surface area contributed by atoms with Crippen molar-refractivity contribution in [1.82, 2.24) is 13.5 Å². The molecule has 1 heterocycles. The van der Waals surface area contributed by atoms with E-state index in [2.05, 4.69) is 6.58 Å². The highest BCUT2D eigenvalue weighted by Crippen LogP contribution is 2.28. The molecule has 1 saturated heterocycles. The highest BCUT2D eigenvalue weighted by Gasteiger charge is 2.30. The minimum atomic E-state index is -3.45. The SMILES string of the molecule is C=CCOc1ccc(C(=O)N2CCN(S(=O)(=O)N(C)C)CC2)cc1OC. The molecule has 0 saturated carbocycles. The van der Waals surface area contributed by atoms with E-state index in [4.69, 9.17) is 9.47 Å². The Hall–Kier alpha value is -2.10. The Labute approximate surface area is 154 Å². The molecule has 1 aromatic rings. The van der Waals surface area contributed by atoms with E-state index in [9.17, 15) is 13.2 Å². The van der Waals surface area contributed by atoms with Gasteiger partial charge in [-0.15, -0.1) is 0 Å². The van der Waals surface area contributed by atoms with Crippen LogP contribution in [0.25, 0.3) is 0 Å². The van der Waals surface area contributed by atoms with Gasteiger partial charge in [-0.3, -0.25) is 4.79 Å². The van der Waals surface area contributed by atoms with Crippen LogP contribution in [0.1, 0.15) is 10.4 Å². The number of hydrogen-bond acceptors (Lipinski definition) is 5. The fourth-order valence-electron chi connectivity index (χ4n) is 2.60. The second-order valence-electron chi connectivity index (χ2n) is 5.95. The van der Waals surface area contributed by atoms with Gasteiger partial charge in [-0.1, -0.05) is 12.7 Å². The number of hydrogen-bond donors (Lipinski definition) is 0. The summed E-state index contributed by atoms with van der Waals surface area (Å²) in [6.07, 6.45) is 1.62. The molecule has 0 bridgehead atoms. The average molecular weight is 383 g/mol. The van der Waals surface area contributed by atoms with Crippen LogP contribution in [-0.4, -0.2) is 81.8 Å². The molecule has 1 aliphatic heterocycles. The third-order valence-corrected chi connectivity index (χ3v) is 6.02. The first-order chi connectivity index (χ1) is 12.3. The number of carbonyl (C=O) groups is 1. The molecule has 0 atom stereocenters. The van der Waals surface area contributed by atoms with E-state index in [-0.39, 0.29) is 19.0 Å². The number of piperazine rings is 1. The molecule has 1 aliphatic rings. The van der Waals surface area contributed by atoms with Crippen LogP contribution in [0.5, 0.6) is 11.5 Å². The number of carbonyl (C=O) groups excluding carboxylic acids is 1. The normalized spacial score (nSPS) is 15.8. The number of benzene rings is 1. The van der Waals surface area contributed by atoms with Crippen molar-refractivity contribution in [2.75, 3.05) is 54.0 Å². The molecule has 1 fully saturated rings. The lowest BCUT2D eigenvalue weighted by molar-refractivity contribution is 0.0695. The number of methoxy groups -OCH3 is 1. The van der Waals surface area contributed by atoms with Gasteiger partial charge in [0.2, 0.25) is 0 Å². The Morgan fingerprint density at radius 1 is 1.23 bits per heavy atom. The van der Waals surface area contributed by atoms with Crippen molar-refractivity contribution in [2.24, 2.45) is 0 Å². The molecule has 2 rings (SSSR count). The van der Waals surface area contributed by atoms with E-state index < -0.39 is 10.2 Å². The Kier molecular flexibility index (Phi) is 6.63. The van der Waals surface area contributed by atoms with Crippen LogP contribution in [0.15, 0.2) is 30.9 Å². The molecule has 0 unspecified atom stereocenters. The predicted molar refractivity (Wildman–Crippen MR) is 98.8 cm³/mol. The highest BCUT2D eigenvalue weighted by atomic mass is 32.2. The smallest absolute Gasteiger partial charge is 0.281 e. The van der Waals surface area contributed by atoms with Crippen molar-refractivity contribution >= 4 is 16.1 Å². The Morgan fingerprint density at radius 3 is 2.42 bits per heavy atom. The zero-order valence-electron chi connectivity index (χ0n) is 15.3. The zero-order chi connectivity index (χ0) is 19.3. The van der Waals surface area contributed by atoms with Crippen LogP contribution >= 0.6 is 0 Å². The van der Waals surface area contributed by atoms with Gasteiger partial charge in [0.25, 0.3) is 16.1 Å². The molecule has 0 aromatic heterocycles. The quantitative estimate of drug-likeness (QED) is 0.652. The van der Waals surface area contributed by atoms with Crippen LogP contribution in [0.4, 0.5) is 0 Å². The molecule has 1 aromatic carbocycles. The van der Waals surface area contributed by atoms with Gasteiger partial charge in [-0.2, -0.15) is 17.0 Å². The summed E-state index contributed by atoms with van der Waals surface area (Å²) in [5, 5.41) is 0. The monoisotopic (exact) mass is 383 g/mol. The minimum Gasteiger partial charge on any atom is -0.493 e. The summed E-state index contributed by atoms with van der Waals surface area (Å²) < 4.78 is 37.6. The molecule has 9 heteroatoms. The van der Waals surface area contributed by atoms with Crippen molar-refractivity contribution in [3.8, 4) is 11.5 Å². The molecule has 0 N–H and O–H groups in total. The maximum absolute atomic E-state index is 12.7. The summed E-state index contributed by atoms with van der Waals surface area (Å²) >= 11 is 0.